The molecule has 2 aromatic rings. The number of pyridine rings is 1. The zero-order valence-corrected chi connectivity index (χ0v) is 16.3. The van der Waals surface area contributed by atoms with Crippen molar-refractivity contribution in [2.75, 3.05) is 26.5 Å². The molecule has 0 N–H and O–H groups in total. The Morgan fingerprint density at radius 1 is 1.26 bits per heavy atom. The highest BCUT2D eigenvalue weighted by atomic mass is 32.2. The van der Waals surface area contributed by atoms with E-state index >= 15 is 0 Å². The predicted octanol–water partition coefficient (Wildman–Crippen LogP) is 3.86. The van der Waals surface area contributed by atoms with Crippen LogP contribution in [0.25, 0.3) is 0 Å². The summed E-state index contributed by atoms with van der Waals surface area (Å²) in [5.74, 6) is 1.25. The summed E-state index contributed by atoms with van der Waals surface area (Å²) in [4.78, 5) is 11.2. The summed E-state index contributed by atoms with van der Waals surface area (Å²) < 4.78 is 11.1. The van der Waals surface area contributed by atoms with Gasteiger partial charge >= 0.3 is 0 Å². The second kappa shape index (κ2) is 9.28. The standard InChI is InChI=1S/C20H22N4O2S/c1-25-19-8-7-16(14-22-19)23-20(27-2)24-11-9-17(10-12-24)26-18-6-4-3-5-15(18)13-21/h3-8,14,17H,9-12H2,1-2H3. The van der Waals surface area contributed by atoms with Crippen LogP contribution in [-0.2, 0) is 0 Å². The molecule has 7 heteroatoms. The van der Waals surface area contributed by atoms with E-state index in [4.69, 9.17) is 14.5 Å². The van der Waals surface area contributed by atoms with E-state index in [1.807, 2.05) is 36.6 Å². The fourth-order valence-electron chi connectivity index (χ4n) is 2.92. The number of methoxy groups -OCH3 is 1. The molecular weight excluding hydrogens is 360 g/mol. The van der Waals surface area contributed by atoms with E-state index in [-0.39, 0.29) is 6.10 Å². The van der Waals surface area contributed by atoms with E-state index in [0.29, 0.717) is 17.2 Å². The van der Waals surface area contributed by atoms with Crippen molar-refractivity contribution in [3.05, 3.63) is 48.2 Å². The van der Waals surface area contributed by atoms with Crippen LogP contribution in [0.4, 0.5) is 5.69 Å². The lowest BCUT2D eigenvalue weighted by molar-refractivity contribution is 0.132. The number of hydrogen-bond donors (Lipinski definition) is 0. The van der Waals surface area contributed by atoms with E-state index < -0.39 is 0 Å². The fraction of sp³-hybridized carbons (Fsp3) is 0.350. The van der Waals surface area contributed by atoms with Gasteiger partial charge in [-0.15, -0.1) is 0 Å². The maximum absolute atomic E-state index is 9.20. The summed E-state index contributed by atoms with van der Waals surface area (Å²) in [6.45, 7) is 1.73. The topological polar surface area (TPSA) is 70.7 Å². The Kier molecular flexibility index (Phi) is 6.55. The molecule has 0 atom stereocenters. The smallest absolute Gasteiger partial charge is 0.213 e. The van der Waals surface area contributed by atoms with Crippen molar-refractivity contribution in [2.45, 2.75) is 18.9 Å². The van der Waals surface area contributed by atoms with Crippen LogP contribution in [-0.4, -0.2) is 47.6 Å². The molecule has 1 aromatic carbocycles. The van der Waals surface area contributed by atoms with E-state index in [2.05, 4.69) is 16.0 Å². The van der Waals surface area contributed by atoms with E-state index in [0.717, 1.165) is 36.8 Å². The number of nitriles is 1. The van der Waals surface area contributed by atoms with Crippen molar-refractivity contribution in [3.8, 4) is 17.7 Å². The van der Waals surface area contributed by atoms with Crippen LogP contribution in [0.1, 0.15) is 18.4 Å². The second-order valence-corrected chi connectivity index (χ2v) is 6.84. The molecule has 0 radical (unpaired) electrons. The Balaban J connectivity index is 1.61. The summed E-state index contributed by atoms with van der Waals surface area (Å²) in [6.07, 6.45) is 5.63. The van der Waals surface area contributed by atoms with Crippen LogP contribution in [0.15, 0.2) is 47.6 Å². The lowest BCUT2D eigenvalue weighted by Gasteiger charge is -2.33. The van der Waals surface area contributed by atoms with Gasteiger partial charge in [-0.2, -0.15) is 5.26 Å². The maximum atomic E-state index is 9.20. The van der Waals surface area contributed by atoms with Crippen molar-refractivity contribution in [2.24, 2.45) is 4.99 Å². The molecule has 6 nitrogen and oxygen atoms in total. The molecule has 0 amide bonds. The number of benzene rings is 1. The molecule has 0 bridgehead atoms. The molecule has 0 aliphatic carbocycles. The first-order valence-corrected chi connectivity index (χ1v) is 9.99. The van der Waals surface area contributed by atoms with Crippen LogP contribution in [0, 0.1) is 11.3 Å². The highest BCUT2D eigenvalue weighted by Gasteiger charge is 2.23. The van der Waals surface area contributed by atoms with Gasteiger partial charge in [-0.25, -0.2) is 9.98 Å². The van der Waals surface area contributed by atoms with Gasteiger partial charge in [0.1, 0.15) is 17.9 Å². The number of rotatable bonds is 4. The molecule has 0 unspecified atom stereocenters. The Bertz CT molecular complexity index is 825. The van der Waals surface area contributed by atoms with Gasteiger partial charge < -0.3 is 14.4 Å². The molecule has 1 fully saturated rings. The average molecular weight is 382 g/mol. The van der Waals surface area contributed by atoms with E-state index in [9.17, 15) is 5.26 Å². The number of thioether (sulfide) groups is 1. The maximum Gasteiger partial charge on any atom is 0.213 e. The number of likely N-dealkylation sites (tertiary alicyclic amines) is 1. The van der Waals surface area contributed by atoms with Gasteiger partial charge in [-0.1, -0.05) is 23.9 Å². The number of aliphatic imine (C=N–C) groups is 1. The summed E-state index contributed by atoms with van der Waals surface area (Å²) in [7, 11) is 1.60. The van der Waals surface area contributed by atoms with Crippen molar-refractivity contribution >= 4 is 22.6 Å². The molecule has 1 saturated heterocycles. The first kappa shape index (κ1) is 19.1. The van der Waals surface area contributed by atoms with E-state index in [1.54, 1.807) is 31.1 Å². The van der Waals surface area contributed by atoms with Crippen molar-refractivity contribution < 1.29 is 9.47 Å². The molecule has 1 aromatic heterocycles. The number of piperidine rings is 1. The lowest BCUT2D eigenvalue weighted by atomic mass is 10.1. The summed E-state index contributed by atoms with van der Waals surface area (Å²) in [5, 5.41) is 10.2. The zero-order chi connectivity index (χ0) is 19.1. The Labute approximate surface area is 163 Å². The normalized spacial score (nSPS) is 15.3. The highest BCUT2D eigenvalue weighted by molar-refractivity contribution is 8.13. The Morgan fingerprint density at radius 3 is 2.67 bits per heavy atom. The minimum absolute atomic E-state index is 0.113. The quantitative estimate of drug-likeness (QED) is 0.591. The Hall–Kier alpha value is -2.72. The van der Waals surface area contributed by atoms with Crippen molar-refractivity contribution in [1.82, 2.24) is 9.88 Å². The molecule has 1 aliphatic rings. The Morgan fingerprint density at radius 2 is 2.04 bits per heavy atom. The fourth-order valence-corrected chi connectivity index (χ4v) is 3.56. The third-order valence-corrected chi connectivity index (χ3v) is 5.07. The largest absolute Gasteiger partial charge is 0.489 e. The number of hydrogen-bond acceptors (Lipinski definition) is 6. The number of para-hydroxylation sites is 1. The first-order chi connectivity index (χ1) is 13.2. The number of ether oxygens (including phenoxy) is 2. The van der Waals surface area contributed by atoms with Crippen LogP contribution in [0.5, 0.6) is 11.6 Å². The number of aromatic nitrogens is 1. The van der Waals surface area contributed by atoms with Crippen LogP contribution >= 0.6 is 11.8 Å². The summed E-state index contributed by atoms with van der Waals surface area (Å²) in [5.41, 5.74) is 1.39. The molecule has 3 rings (SSSR count). The first-order valence-electron chi connectivity index (χ1n) is 8.77. The van der Waals surface area contributed by atoms with Gasteiger partial charge in [0, 0.05) is 32.0 Å². The van der Waals surface area contributed by atoms with Crippen LogP contribution in [0.2, 0.25) is 0 Å². The van der Waals surface area contributed by atoms with Gasteiger partial charge in [0.25, 0.3) is 0 Å². The monoisotopic (exact) mass is 382 g/mol. The van der Waals surface area contributed by atoms with Gasteiger partial charge in [0.05, 0.1) is 24.6 Å². The van der Waals surface area contributed by atoms with Crippen molar-refractivity contribution in [1.29, 1.82) is 5.26 Å². The minimum Gasteiger partial charge on any atom is -0.489 e. The molecule has 2 heterocycles. The molecule has 0 saturated carbocycles. The average Bonchev–Trinajstić information content (AvgIpc) is 2.73. The lowest BCUT2D eigenvalue weighted by Crippen LogP contribution is -2.40. The third kappa shape index (κ3) is 4.92. The number of amidine groups is 1. The predicted molar refractivity (Wildman–Crippen MR) is 108 cm³/mol. The number of nitrogens with zero attached hydrogens (tertiary/aromatic N) is 4. The van der Waals surface area contributed by atoms with Gasteiger partial charge in [0.15, 0.2) is 5.17 Å². The van der Waals surface area contributed by atoms with Crippen molar-refractivity contribution in [3.63, 3.8) is 0 Å². The second-order valence-electron chi connectivity index (χ2n) is 6.07. The van der Waals surface area contributed by atoms with Crippen LogP contribution < -0.4 is 9.47 Å². The third-order valence-electron chi connectivity index (χ3n) is 4.35. The molecule has 140 valence electrons. The molecule has 0 spiro atoms. The molecule has 1 aliphatic heterocycles. The summed E-state index contributed by atoms with van der Waals surface area (Å²) >= 11 is 1.63. The van der Waals surface area contributed by atoms with Gasteiger partial charge in [-0.05, 0) is 24.5 Å². The van der Waals surface area contributed by atoms with E-state index in [1.165, 1.54) is 0 Å². The van der Waals surface area contributed by atoms with Gasteiger partial charge in [0.2, 0.25) is 5.88 Å². The molecular formula is C20H22N4O2S. The zero-order valence-electron chi connectivity index (χ0n) is 15.5. The SMILES string of the molecule is COc1ccc(N=C(SC)N2CCC(Oc3ccccc3C#N)CC2)cn1. The van der Waals surface area contributed by atoms with Crippen LogP contribution in [0.3, 0.4) is 0 Å². The van der Waals surface area contributed by atoms with Gasteiger partial charge in [-0.3, -0.25) is 0 Å². The minimum atomic E-state index is 0.113. The highest BCUT2D eigenvalue weighted by Crippen LogP contribution is 2.25. The molecule has 27 heavy (non-hydrogen) atoms. The summed E-state index contributed by atoms with van der Waals surface area (Å²) in [6, 6.07) is 13.3.